The summed E-state index contributed by atoms with van der Waals surface area (Å²) < 4.78 is 26.3. The molecule has 4 aromatic rings. The summed E-state index contributed by atoms with van der Waals surface area (Å²) in [6.07, 6.45) is -4.41. The van der Waals surface area contributed by atoms with Crippen molar-refractivity contribution in [1.82, 2.24) is 4.57 Å². The number of hydrogen-bond acceptors (Lipinski definition) is 12. The minimum Gasteiger partial charge on any atom is -0.463 e. The summed E-state index contributed by atoms with van der Waals surface area (Å²) >= 11 is 0. The van der Waals surface area contributed by atoms with E-state index < -0.39 is 53.3 Å². The molecule has 0 aliphatic rings. The van der Waals surface area contributed by atoms with Gasteiger partial charge in [-0.1, -0.05) is 62.4 Å². The minimum atomic E-state index is -1.34. The van der Waals surface area contributed by atoms with Crippen molar-refractivity contribution in [2.75, 3.05) is 31.7 Å². The van der Waals surface area contributed by atoms with Crippen molar-refractivity contribution in [3.05, 3.63) is 122 Å². The van der Waals surface area contributed by atoms with Crippen LogP contribution in [0.15, 0.2) is 84.9 Å². The molecule has 3 aromatic carbocycles. The molecule has 0 radical (unpaired) electrons. The summed E-state index contributed by atoms with van der Waals surface area (Å²) in [6, 6.07) is 24.3. The van der Waals surface area contributed by atoms with Crippen LogP contribution in [-0.4, -0.2) is 81.6 Å². The van der Waals surface area contributed by atoms with Crippen molar-refractivity contribution in [3.63, 3.8) is 0 Å². The van der Waals surface area contributed by atoms with Gasteiger partial charge in [0.1, 0.15) is 25.1 Å². The predicted octanol–water partition coefficient (Wildman–Crippen LogP) is 5.96. The maximum Gasteiger partial charge on any atom is 0.308 e. The van der Waals surface area contributed by atoms with Gasteiger partial charge in [0.15, 0.2) is 0 Å². The first kappa shape index (κ1) is 42.8. The molecule has 0 saturated heterocycles. The second-order valence-corrected chi connectivity index (χ2v) is 13.1. The molecular weight excluding hydrogens is 735 g/mol. The number of aromatic nitrogens is 1. The van der Waals surface area contributed by atoms with Crippen LogP contribution in [0.1, 0.15) is 61.5 Å². The molecule has 0 bridgehead atoms. The van der Waals surface area contributed by atoms with Crippen LogP contribution in [0.4, 0.5) is 10.1 Å². The molecule has 0 aliphatic heterocycles. The van der Waals surface area contributed by atoms with E-state index in [9.17, 15) is 44.4 Å². The fourth-order valence-electron chi connectivity index (χ4n) is 6.21. The topological polar surface area (TPSA) is 215 Å². The standard InChI is InChI=1S/C39H45FN4O12/c1-26(2)37-36(39(48)41-30-11-7-4-8-12-30)35(27-9-5-3-6-10-27)38(28-13-15-29(40)16-14-28)42(37)19-17-31(45)23-32(46)24-34(47)54-25-33(56-44(51)52)18-20-53-21-22-55-43(49)50/h3-16,26,31-33,45-46H,17-25H2,1-2H3,(H,41,48)/t31-,32-,33?/m1/s1. The Labute approximate surface area is 322 Å². The third-order valence-corrected chi connectivity index (χ3v) is 8.60. The number of aliphatic hydroxyl groups is 2. The van der Waals surface area contributed by atoms with Gasteiger partial charge in [-0.05, 0) is 66.3 Å². The van der Waals surface area contributed by atoms with E-state index >= 15 is 0 Å². The Kier molecular flexibility index (Phi) is 16.3. The van der Waals surface area contributed by atoms with Gasteiger partial charge >= 0.3 is 5.97 Å². The van der Waals surface area contributed by atoms with Crippen LogP contribution in [0.2, 0.25) is 0 Å². The molecule has 1 unspecified atom stereocenters. The van der Waals surface area contributed by atoms with Gasteiger partial charge in [-0.3, -0.25) is 9.59 Å². The zero-order valence-electron chi connectivity index (χ0n) is 31.0. The average Bonchev–Trinajstić information content (AvgIpc) is 3.50. The summed E-state index contributed by atoms with van der Waals surface area (Å²) in [5, 5.41) is 43.9. The quantitative estimate of drug-likeness (QED) is 0.0344. The van der Waals surface area contributed by atoms with Crippen LogP contribution in [0.5, 0.6) is 0 Å². The number of rotatable bonds is 23. The van der Waals surface area contributed by atoms with Gasteiger partial charge in [0.05, 0.1) is 36.5 Å². The molecule has 17 heteroatoms. The number of anilines is 1. The highest BCUT2D eigenvalue weighted by atomic mass is 19.1. The zero-order chi connectivity index (χ0) is 40.6. The molecule has 56 heavy (non-hydrogen) atoms. The van der Waals surface area contributed by atoms with Gasteiger partial charge in [0, 0.05) is 36.5 Å². The highest BCUT2D eigenvalue weighted by Crippen LogP contribution is 2.42. The van der Waals surface area contributed by atoms with Gasteiger partial charge in [0.2, 0.25) is 0 Å². The lowest BCUT2D eigenvalue weighted by atomic mass is 9.94. The van der Waals surface area contributed by atoms with E-state index in [1.54, 1.807) is 24.3 Å². The van der Waals surface area contributed by atoms with Gasteiger partial charge in [-0.25, -0.2) is 4.39 Å². The Bertz CT molecular complexity index is 1890. The minimum absolute atomic E-state index is 0.0900. The number of esters is 1. The van der Waals surface area contributed by atoms with Gasteiger partial charge < -0.3 is 39.2 Å². The van der Waals surface area contributed by atoms with Crippen molar-refractivity contribution in [2.24, 2.45) is 0 Å². The van der Waals surface area contributed by atoms with Gasteiger partial charge in [-0.2, -0.15) is 0 Å². The van der Waals surface area contributed by atoms with Crippen LogP contribution >= 0.6 is 0 Å². The molecule has 3 atom stereocenters. The summed E-state index contributed by atoms with van der Waals surface area (Å²) in [7, 11) is 0. The van der Waals surface area contributed by atoms with Crippen LogP contribution in [0, 0.1) is 26.0 Å². The molecule has 0 spiro atoms. The van der Waals surface area contributed by atoms with Crippen LogP contribution < -0.4 is 5.32 Å². The van der Waals surface area contributed by atoms with Gasteiger partial charge in [-0.15, -0.1) is 20.2 Å². The first-order valence-corrected chi connectivity index (χ1v) is 18.0. The molecule has 0 fully saturated rings. The third-order valence-electron chi connectivity index (χ3n) is 8.60. The van der Waals surface area contributed by atoms with E-state index in [1.807, 2.05) is 66.9 Å². The number of benzene rings is 3. The lowest BCUT2D eigenvalue weighted by Crippen LogP contribution is -2.28. The van der Waals surface area contributed by atoms with E-state index in [0.717, 1.165) is 5.56 Å². The number of para-hydroxylation sites is 1. The first-order valence-electron chi connectivity index (χ1n) is 18.0. The Morgan fingerprint density at radius 3 is 2.12 bits per heavy atom. The van der Waals surface area contributed by atoms with Crippen molar-refractivity contribution >= 4 is 17.6 Å². The lowest BCUT2D eigenvalue weighted by molar-refractivity contribution is -0.769. The zero-order valence-corrected chi connectivity index (χ0v) is 31.0. The van der Waals surface area contributed by atoms with Crippen LogP contribution in [-0.2, 0) is 30.5 Å². The summed E-state index contributed by atoms with van der Waals surface area (Å²) in [5.74, 6) is -1.88. The number of halogens is 1. The van der Waals surface area contributed by atoms with Crippen molar-refractivity contribution in [1.29, 1.82) is 0 Å². The Hall–Kier alpha value is -5.91. The van der Waals surface area contributed by atoms with Gasteiger partial charge in [0.25, 0.3) is 16.1 Å². The number of nitrogens with one attached hydrogen (secondary N) is 1. The molecule has 0 aliphatic carbocycles. The summed E-state index contributed by atoms with van der Waals surface area (Å²) in [5.41, 5.74) is 4.34. The summed E-state index contributed by atoms with van der Waals surface area (Å²) in [4.78, 5) is 56.5. The number of ether oxygens (including phenoxy) is 2. The average molecular weight is 781 g/mol. The van der Waals surface area contributed by atoms with Crippen LogP contribution in [0.3, 0.4) is 0 Å². The highest BCUT2D eigenvalue weighted by molar-refractivity contribution is 6.12. The van der Waals surface area contributed by atoms with E-state index in [1.165, 1.54) is 12.1 Å². The highest BCUT2D eigenvalue weighted by Gasteiger charge is 2.31. The second kappa shape index (κ2) is 21.3. The molecule has 1 aromatic heterocycles. The maximum atomic E-state index is 14.2. The largest absolute Gasteiger partial charge is 0.463 e. The molecule has 0 saturated carbocycles. The molecule has 1 amide bonds. The van der Waals surface area contributed by atoms with Crippen molar-refractivity contribution in [2.45, 2.75) is 70.3 Å². The maximum absolute atomic E-state index is 14.2. The fraction of sp³-hybridized carbons (Fsp3) is 0.385. The molecule has 16 nitrogen and oxygen atoms in total. The van der Waals surface area contributed by atoms with E-state index in [-0.39, 0.29) is 57.5 Å². The predicted molar refractivity (Wildman–Crippen MR) is 201 cm³/mol. The second-order valence-electron chi connectivity index (χ2n) is 13.1. The summed E-state index contributed by atoms with van der Waals surface area (Å²) in [6.45, 7) is 2.93. The number of aliphatic hydroxyl groups excluding tert-OH is 2. The molecule has 300 valence electrons. The Balaban J connectivity index is 1.51. The lowest BCUT2D eigenvalue weighted by Gasteiger charge is -2.20. The van der Waals surface area contributed by atoms with Crippen molar-refractivity contribution < 1.29 is 53.5 Å². The molecule has 4 rings (SSSR count). The van der Waals surface area contributed by atoms with E-state index in [0.29, 0.717) is 33.8 Å². The smallest absolute Gasteiger partial charge is 0.308 e. The van der Waals surface area contributed by atoms with E-state index in [4.69, 9.17) is 9.47 Å². The van der Waals surface area contributed by atoms with Crippen molar-refractivity contribution in [3.8, 4) is 22.4 Å². The number of carbonyl (C=O) groups excluding carboxylic acids is 2. The number of carbonyl (C=O) groups is 2. The normalized spacial score (nSPS) is 12.8. The van der Waals surface area contributed by atoms with E-state index in [2.05, 4.69) is 15.0 Å². The number of nitrogens with zero attached hydrogens (tertiary/aromatic N) is 3. The Morgan fingerprint density at radius 1 is 0.839 bits per heavy atom. The SMILES string of the molecule is CC(C)c1c(C(=O)Nc2ccccc2)c(-c2ccccc2)c(-c2ccc(F)cc2)n1CC[C@@H](O)C[C@@H](O)CC(=O)OCC(CCOCCO[N+](=O)[O-])O[N+](=O)[O-]. The van der Waals surface area contributed by atoms with Crippen LogP contribution in [0.25, 0.3) is 22.4 Å². The number of hydrogen-bond donors (Lipinski definition) is 3. The monoisotopic (exact) mass is 780 g/mol. The molecule has 3 N–H and O–H groups in total. The third kappa shape index (κ3) is 12.9. The first-order chi connectivity index (χ1) is 26.8. The molecule has 1 heterocycles. The molecular formula is C39H45FN4O12. The number of amides is 1. The Morgan fingerprint density at radius 2 is 1.50 bits per heavy atom. The fourth-order valence-corrected chi connectivity index (χ4v) is 6.21.